The largest absolute Gasteiger partial charge is 0.469 e. The third-order valence-corrected chi connectivity index (χ3v) is 6.09. The Balaban J connectivity index is 2.12. The molecule has 0 spiro atoms. The Morgan fingerprint density at radius 2 is 1.21 bits per heavy atom. The van der Waals surface area contributed by atoms with E-state index in [1.54, 1.807) is 19.1 Å². The standard InChI is InChI=1S/C28H24O6/c1-16(26(29)32-2)18-10-12-21-19(15-18)11-14-23(28(31)34-4)25(21)24-20-8-6-5-7-17(20)9-13-22(24)27(30)33-3/h5-16H,1-4H3/t16-/m0/s1. The van der Waals surface area contributed by atoms with Gasteiger partial charge in [-0.05, 0) is 46.2 Å². The molecule has 4 aromatic rings. The van der Waals surface area contributed by atoms with Crippen molar-refractivity contribution in [1.29, 1.82) is 0 Å². The molecule has 0 radical (unpaired) electrons. The molecule has 1 atom stereocenters. The van der Waals surface area contributed by atoms with Crippen molar-refractivity contribution in [3.63, 3.8) is 0 Å². The number of esters is 3. The summed E-state index contributed by atoms with van der Waals surface area (Å²) in [5.41, 5.74) is 2.60. The van der Waals surface area contributed by atoms with Crippen LogP contribution in [0.15, 0.2) is 66.7 Å². The van der Waals surface area contributed by atoms with Gasteiger partial charge < -0.3 is 14.2 Å². The molecule has 172 valence electrons. The van der Waals surface area contributed by atoms with E-state index < -0.39 is 17.9 Å². The van der Waals surface area contributed by atoms with E-state index in [-0.39, 0.29) is 5.97 Å². The predicted molar refractivity (Wildman–Crippen MR) is 130 cm³/mol. The topological polar surface area (TPSA) is 78.9 Å². The zero-order valence-electron chi connectivity index (χ0n) is 19.4. The van der Waals surface area contributed by atoms with Crippen LogP contribution in [0.25, 0.3) is 32.7 Å². The molecule has 6 heteroatoms. The van der Waals surface area contributed by atoms with Gasteiger partial charge in [-0.15, -0.1) is 0 Å². The predicted octanol–water partition coefficient (Wildman–Crippen LogP) is 5.51. The molecule has 0 aliphatic carbocycles. The Labute approximate surface area is 197 Å². The number of methoxy groups -OCH3 is 3. The number of fused-ring (bicyclic) bond motifs is 2. The van der Waals surface area contributed by atoms with Crippen molar-refractivity contribution in [2.75, 3.05) is 21.3 Å². The highest BCUT2D eigenvalue weighted by Crippen LogP contribution is 2.40. The summed E-state index contributed by atoms with van der Waals surface area (Å²) in [4.78, 5) is 37.7. The third-order valence-electron chi connectivity index (χ3n) is 6.09. The van der Waals surface area contributed by atoms with Gasteiger partial charge in [0.25, 0.3) is 0 Å². The fourth-order valence-corrected chi connectivity index (χ4v) is 4.30. The van der Waals surface area contributed by atoms with Gasteiger partial charge in [-0.25, -0.2) is 9.59 Å². The number of benzene rings is 4. The van der Waals surface area contributed by atoms with Gasteiger partial charge in [0.15, 0.2) is 0 Å². The molecule has 0 aliphatic rings. The summed E-state index contributed by atoms with van der Waals surface area (Å²) in [7, 11) is 4.00. The molecule has 4 aromatic carbocycles. The first-order valence-electron chi connectivity index (χ1n) is 10.7. The van der Waals surface area contributed by atoms with Crippen LogP contribution in [-0.4, -0.2) is 39.2 Å². The maximum absolute atomic E-state index is 12.8. The normalized spacial score (nSPS) is 11.8. The summed E-state index contributed by atoms with van der Waals surface area (Å²) >= 11 is 0. The van der Waals surface area contributed by atoms with Crippen LogP contribution in [0.5, 0.6) is 0 Å². The highest BCUT2D eigenvalue weighted by Gasteiger charge is 2.25. The van der Waals surface area contributed by atoms with Crippen molar-refractivity contribution in [3.05, 3.63) is 83.4 Å². The summed E-state index contributed by atoms with van der Waals surface area (Å²) in [6.45, 7) is 1.77. The van der Waals surface area contributed by atoms with E-state index in [0.29, 0.717) is 22.3 Å². The summed E-state index contributed by atoms with van der Waals surface area (Å²) in [5, 5.41) is 3.26. The average molecular weight is 456 g/mol. The van der Waals surface area contributed by atoms with Gasteiger partial charge in [0.05, 0.1) is 38.4 Å². The van der Waals surface area contributed by atoms with E-state index in [4.69, 9.17) is 14.2 Å². The molecule has 4 rings (SSSR count). The second-order valence-electron chi connectivity index (χ2n) is 7.91. The van der Waals surface area contributed by atoms with Gasteiger partial charge in [0, 0.05) is 11.1 Å². The first kappa shape index (κ1) is 23.0. The molecule has 0 aromatic heterocycles. The van der Waals surface area contributed by atoms with E-state index in [0.717, 1.165) is 27.1 Å². The fourth-order valence-electron chi connectivity index (χ4n) is 4.30. The minimum atomic E-state index is -0.521. The number of carbonyl (C=O) groups excluding carboxylic acids is 3. The summed E-state index contributed by atoms with van der Waals surface area (Å²) in [6, 6.07) is 20.3. The number of hydrogen-bond donors (Lipinski definition) is 0. The Morgan fingerprint density at radius 1 is 0.647 bits per heavy atom. The minimum Gasteiger partial charge on any atom is -0.469 e. The van der Waals surface area contributed by atoms with Crippen molar-refractivity contribution in [1.82, 2.24) is 0 Å². The molecule has 0 heterocycles. The van der Waals surface area contributed by atoms with Crippen LogP contribution in [0.3, 0.4) is 0 Å². The average Bonchev–Trinajstić information content (AvgIpc) is 2.89. The van der Waals surface area contributed by atoms with Crippen molar-refractivity contribution >= 4 is 39.5 Å². The SMILES string of the molecule is COC(=O)c1ccc2ccccc2c1-c1c(C(=O)OC)ccc2cc([C@H](C)C(=O)OC)ccc12. The lowest BCUT2D eigenvalue weighted by Crippen LogP contribution is -2.11. The van der Waals surface area contributed by atoms with Crippen LogP contribution >= 0.6 is 0 Å². The zero-order chi connectivity index (χ0) is 24.4. The van der Waals surface area contributed by atoms with E-state index in [1.807, 2.05) is 54.6 Å². The maximum atomic E-state index is 12.8. The fraction of sp³-hybridized carbons (Fsp3) is 0.179. The molecule has 6 nitrogen and oxygen atoms in total. The minimum absolute atomic E-state index is 0.324. The Morgan fingerprint density at radius 3 is 1.79 bits per heavy atom. The lowest BCUT2D eigenvalue weighted by atomic mass is 9.86. The molecule has 34 heavy (non-hydrogen) atoms. The number of ether oxygens (including phenoxy) is 3. The van der Waals surface area contributed by atoms with E-state index in [1.165, 1.54) is 21.3 Å². The molecule has 0 aliphatic heterocycles. The van der Waals surface area contributed by atoms with Crippen LogP contribution < -0.4 is 0 Å². The zero-order valence-corrected chi connectivity index (χ0v) is 19.4. The Bertz CT molecular complexity index is 1440. The van der Waals surface area contributed by atoms with Gasteiger partial charge in [0.1, 0.15) is 0 Å². The van der Waals surface area contributed by atoms with Gasteiger partial charge in [-0.3, -0.25) is 4.79 Å². The monoisotopic (exact) mass is 456 g/mol. The first-order valence-corrected chi connectivity index (χ1v) is 10.7. The highest BCUT2D eigenvalue weighted by atomic mass is 16.5. The van der Waals surface area contributed by atoms with E-state index >= 15 is 0 Å². The van der Waals surface area contributed by atoms with Crippen LogP contribution in [-0.2, 0) is 19.0 Å². The molecule has 0 saturated carbocycles. The van der Waals surface area contributed by atoms with Gasteiger partial charge >= 0.3 is 17.9 Å². The highest BCUT2D eigenvalue weighted by molar-refractivity contribution is 6.17. The van der Waals surface area contributed by atoms with Crippen molar-refractivity contribution in [2.24, 2.45) is 0 Å². The quantitative estimate of drug-likeness (QED) is 0.291. The van der Waals surface area contributed by atoms with Crippen molar-refractivity contribution < 1.29 is 28.6 Å². The van der Waals surface area contributed by atoms with Gasteiger partial charge in [-0.2, -0.15) is 0 Å². The van der Waals surface area contributed by atoms with Gasteiger partial charge in [-0.1, -0.05) is 54.6 Å². The number of rotatable bonds is 5. The van der Waals surface area contributed by atoms with E-state index in [9.17, 15) is 14.4 Å². The molecule has 0 saturated heterocycles. The Kier molecular flexibility index (Phi) is 6.32. The third kappa shape index (κ3) is 3.88. The van der Waals surface area contributed by atoms with Crippen LogP contribution in [0.2, 0.25) is 0 Å². The van der Waals surface area contributed by atoms with Gasteiger partial charge in [0.2, 0.25) is 0 Å². The summed E-state index contributed by atoms with van der Waals surface area (Å²) in [5.74, 6) is -1.83. The van der Waals surface area contributed by atoms with E-state index in [2.05, 4.69) is 0 Å². The van der Waals surface area contributed by atoms with Crippen molar-refractivity contribution in [2.45, 2.75) is 12.8 Å². The first-order chi connectivity index (χ1) is 16.4. The Hall–Kier alpha value is -4.19. The molecule has 0 amide bonds. The molecule has 0 fully saturated rings. The second kappa shape index (κ2) is 9.35. The lowest BCUT2D eigenvalue weighted by molar-refractivity contribution is -0.141. The molecule has 0 unspecified atom stereocenters. The number of carbonyl (C=O) groups is 3. The second-order valence-corrected chi connectivity index (χ2v) is 7.91. The smallest absolute Gasteiger partial charge is 0.338 e. The lowest BCUT2D eigenvalue weighted by Gasteiger charge is -2.18. The summed E-state index contributed by atoms with van der Waals surface area (Å²) < 4.78 is 15.0. The van der Waals surface area contributed by atoms with Crippen LogP contribution in [0.1, 0.15) is 39.1 Å². The van der Waals surface area contributed by atoms with Crippen LogP contribution in [0.4, 0.5) is 0 Å². The van der Waals surface area contributed by atoms with Crippen LogP contribution in [0, 0.1) is 0 Å². The van der Waals surface area contributed by atoms with Crippen molar-refractivity contribution in [3.8, 4) is 11.1 Å². The molecule has 0 bridgehead atoms. The number of hydrogen-bond acceptors (Lipinski definition) is 6. The summed E-state index contributed by atoms with van der Waals surface area (Å²) in [6.07, 6.45) is 0. The molecular weight excluding hydrogens is 432 g/mol. The maximum Gasteiger partial charge on any atom is 0.338 e. The molecule has 0 N–H and O–H groups in total. The molecular formula is C28H24O6.